The zero-order chi connectivity index (χ0) is 25.0. The molecule has 2 N–H and O–H groups in total. The molecule has 0 saturated heterocycles. The van der Waals surface area contributed by atoms with Crippen molar-refractivity contribution in [3.63, 3.8) is 0 Å². The van der Waals surface area contributed by atoms with Crippen LogP contribution in [-0.2, 0) is 18.9 Å². The summed E-state index contributed by atoms with van der Waals surface area (Å²) in [4.78, 5) is 23.5. The van der Waals surface area contributed by atoms with Gasteiger partial charge in [-0.05, 0) is 12.8 Å². The Labute approximate surface area is 227 Å². The average Bonchev–Trinajstić information content (AvgIpc) is 2.83. The number of hydrogen-bond donors (Lipinski definition) is 3. The summed E-state index contributed by atoms with van der Waals surface area (Å²) in [6.45, 7) is 7.19. The van der Waals surface area contributed by atoms with Gasteiger partial charge >= 0.3 is 0 Å². The third-order valence-electron chi connectivity index (χ3n) is 3.85. The van der Waals surface area contributed by atoms with Crippen LogP contribution in [0.3, 0.4) is 0 Å². The molecule has 0 aliphatic rings. The smallest absolute Gasteiger partial charge is 0.279 e. The highest BCUT2D eigenvalue weighted by molar-refractivity contribution is 8.76. The summed E-state index contributed by atoms with van der Waals surface area (Å²) < 4.78 is 21.3. The van der Waals surface area contributed by atoms with Crippen molar-refractivity contribution in [1.29, 1.82) is 0 Å². The van der Waals surface area contributed by atoms with Gasteiger partial charge in [-0.15, -0.1) is 0 Å². The molecular formula is C21H42N2O6S5. The van der Waals surface area contributed by atoms with Gasteiger partial charge in [-0.25, -0.2) is 0 Å². The predicted octanol–water partition coefficient (Wildman–Crippen LogP) is 4.79. The Bertz CT molecular complexity index is 469. The van der Waals surface area contributed by atoms with E-state index in [2.05, 4.69) is 30.2 Å². The molecule has 0 aliphatic heterocycles. The van der Waals surface area contributed by atoms with Crippen LogP contribution < -0.4 is 10.6 Å². The molecule has 0 aromatic heterocycles. The van der Waals surface area contributed by atoms with Gasteiger partial charge in [0.2, 0.25) is 0 Å². The summed E-state index contributed by atoms with van der Waals surface area (Å²) in [5.41, 5.74) is 0. The molecule has 0 rings (SSSR count). The summed E-state index contributed by atoms with van der Waals surface area (Å²) in [6.07, 6.45) is 3.91. The minimum Gasteiger partial charge on any atom is -0.378 e. The Morgan fingerprint density at radius 1 is 0.676 bits per heavy atom. The Morgan fingerprint density at radius 2 is 1.21 bits per heavy atom. The second-order valence-electron chi connectivity index (χ2n) is 6.65. The lowest BCUT2D eigenvalue weighted by molar-refractivity contribution is -0.0425. The lowest BCUT2D eigenvalue weighted by Gasteiger charge is -2.07. The van der Waals surface area contributed by atoms with E-state index in [1.165, 1.54) is 23.5 Å². The van der Waals surface area contributed by atoms with Gasteiger partial charge in [0.25, 0.3) is 10.5 Å². The summed E-state index contributed by atoms with van der Waals surface area (Å²) in [5.74, 6) is 4.01. The molecule has 34 heavy (non-hydrogen) atoms. The first kappa shape index (κ1) is 34.5. The summed E-state index contributed by atoms with van der Waals surface area (Å²) in [6, 6.07) is 0. The largest absolute Gasteiger partial charge is 0.378 e. The first-order valence-electron chi connectivity index (χ1n) is 11.7. The Balaban J connectivity index is 3.25. The highest BCUT2D eigenvalue weighted by atomic mass is 33.1. The topological polar surface area (TPSA) is 95.1 Å². The average molecular weight is 579 g/mol. The second kappa shape index (κ2) is 29.8. The molecular weight excluding hydrogens is 537 g/mol. The molecule has 0 atom stereocenters. The van der Waals surface area contributed by atoms with Gasteiger partial charge in [-0.2, -0.15) is 12.6 Å². The number of unbranched alkanes of at least 4 members (excludes halogenated alkanes) is 3. The van der Waals surface area contributed by atoms with E-state index >= 15 is 0 Å². The van der Waals surface area contributed by atoms with Crippen LogP contribution in [0, 0.1) is 0 Å². The van der Waals surface area contributed by atoms with E-state index < -0.39 is 0 Å². The summed E-state index contributed by atoms with van der Waals surface area (Å²) in [7, 11) is 3.63. The third kappa shape index (κ3) is 28.8. The first-order chi connectivity index (χ1) is 16.7. The third-order valence-corrected chi connectivity index (χ3v) is 8.03. The maximum Gasteiger partial charge on any atom is 0.279 e. The van der Waals surface area contributed by atoms with Gasteiger partial charge in [0.15, 0.2) is 0 Å². The fourth-order valence-electron chi connectivity index (χ4n) is 2.27. The number of rotatable bonds is 25. The van der Waals surface area contributed by atoms with Crippen LogP contribution in [0.1, 0.15) is 32.6 Å². The standard InChI is InChI=1S/C21H42N2O6S5/c1-2-33-34-18-14-29-19-28-13-17-32-21(25)23-8-6-4-3-5-7-22-20(24)31-16-12-27-10-9-26-11-15-30/h30H,2-19H2,1H3,(H,22,24)(H,23,25). The normalized spacial score (nSPS) is 11.0. The van der Waals surface area contributed by atoms with Crippen LogP contribution in [0.2, 0.25) is 0 Å². The van der Waals surface area contributed by atoms with Gasteiger partial charge in [0, 0.05) is 41.9 Å². The van der Waals surface area contributed by atoms with Gasteiger partial charge in [-0.3, -0.25) is 9.59 Å². The lowest BCUT2D eigenvalue weighted by atomic mass is 10.2. The number of carbonyl (C=O) groups excluding carboxylic acids is 2. The molecule has 0 radical (unpaired) electrons. The maximum atomic E-state index is 11.8. The molecule has 0 bridgehead atoms. The van der Waals surface area contributed by atoms with Crippen LogP contribution in [0.4, 0.5) is 9.59 Å². The van der Waals surface area contributed by atoms with Gasteiger partial charge in [0.05, 0.1) is 39.6 Å². The van der Waals surface area contributed by atoms with E-state index in [1.54, 1.807) is 10.8 Å². The lowest BCUT2D eigenvalue weighted by Crippen LogP contribution is -2.21. The quantitative estimate of drug-likeness (QED) is 0.0608. The van der Waals surface area contributed by atoms with E-state index in [9.17, 15) is 9.59 Å². The number of ether oxygens (including phenoxy) is 4. The number of thioether (sulfide) groups is 2. The van der Waals surface area contributed by atoms with Crippen LogP contribution in [0.15, 0.2) is 0 Å². The molecule has 2 amide bonds. The zero-order valence-corrected chi connectivity index (χ0v) is 24.4. The molecule has 202 valence electrons. The van der Waals surface area contributed by atoms with Crippen molar-refractivity contribution in [1.82, 2.24) is 10.6 Å². The van der Waals surface area contributed by atoms with Crippen molar-refractivity contribution in [3.05, 3.63) is 0 Å². The highest BCUT2D eigenvalue weighted by Gasteiger charge is 2.03. The van der Waals surface area contributed by atoms with Gasteiger partial charge < -0.3 is 29.6 Å². The van der Waals surface area contributed by atoms with Crippen LogP contribution in [0.5, 0.6) is 0 Å². The van der Waals surface area contributed by atoms with E-state index in [0.29, 0.717) is 70.0 Å². The fraction of sp³-hybridized carbons (Fsp3) is 0.905. The van der Waals surface area contributed by atoms with Crippen LogP contribution in [0.25, 0.3) is 0 Å². The number of hydrogen-bond acceptors (Lipinski definition) is 11. The molecule has 0 aliphatic carbocycles. The SMILES string of the molecule is CCSSCCOCOCCSC(=O)NCCCCCCNC(=O)SCCOCCOCCS. The Kier molecular flexibility index (Phi) is 30.2. The molecule has 13 heteroatoms. The van der Waals surface area contributed by atoms with Crippen LogP contribution in [-0.4, -0.2) is 98.8 Å². The molecule has 0 aromatic rings. The number of amides is 2. The molecule has 0 unspecified atom stereocenters. The monoisotopic (exact) mass is 578 g/mol. The Hall–Kier alpha value is 0.530. The molecule has 0 heterocycles. The molecule has 0 saturated carbocycles. The number of nitrogens with one attached hydrogen (secondary N) is 2. The number of carbonyl (C=O) groups is 2. The van der Waals surface area contributed by atoms with Crippen molar-refractivity contribution < 1.29 is 28.5 Å². The predicted molar refractivity (Wildman–Crippen MR) is 153 cm³/mol. The zero-order valence-electron chi connectivity index (χ0n) is 20.3. The van der Waals surface area contributed by atoms with E-state index in [4.69, 9.17) is 18.9 Å². The van der Waals surface area contributed by atoms with Crippen LogP contribution >= 0.6 is 57.7 Å². The minimum atomic E-state index is -0.0176. The number of thiol groups is 1. The second-order valence-corrected chi connectivity index (χ2v) is 12.1. The van der Waals surface area contributed by atoms with E-state index in [1.807, 2.05) is 10.8 Å². The molecule has 8 nitrogen and oxygen atoms in total. The first-order valence-corrected chi connectivity index (χ1v) is 16.8. The van der Waals surface area contributed by atoms with Gasteiger partial charge in [0.1, 0.15) is 6.79 Å². The molecule has 0 aromatic carbocycles. The maximum absolute atomic E-state index is 11.8. The van der Waals surface area contributed by atoms with Crippen molar-refractivity contribution in [2.75, 3.05) is 88.3 Å². The Morgan fingerprint density at radius 3 is 1.76 bits per heavy atom. The molecule has 0 spiro atoms. The van der Waals surface area contributed by atoms with Crippen molar-refractivity contribution >= 4 is 68.2 Å². The summed E-state index contributed by atoms with van der Waals surface area (Å²) >= 11 is 6.53. The van der Waals surface area contributed by atoms with Crippen molar-refractivity contribution in [2.45, 2.75) is 32.6 Å². The molecule has 0 fully saturated rings. The van der Waals surface area contributed by atoms with E-state index in [-0.39, 0.29) is 17.3 Å². The van der Waals surface area contributed by atoms with Crippen molar-refractivity contribution in [3.8, 4) is 0 Å². The highest BCUT2D eigenvalue weighted by Crippen LogP contribution is 2.19. The summed E-state index contributed by atoms with van der Waals surface area (Å²) in [5, 5.41) is 5.78. The minimum absolute atomic E-state index is 0.0140. The van der Waals surface area contributed by atoms with Gasteiger partial charge in [-0.1, -0.05) is 64.9 Å². The van der Waals surface area contributed by atoms with E-state index in [0.717, 1.165) is 37.2 Å². The fourth-order valence-corrected chi connectivity index (χ4v) is 5.11. The van der Waals surface area contributed by atoms with Crippen molar-refractivity contribution in [2.24, 2.45) is 0 Å².